The van der Waals surface area contributed by atoms with Gasteiger partial charge in [-0.2, -0.15) is 0 Å². The highest BCUT2D eigenvalue weighted by Gasteiger charge is 2.06. The highest BCUT2D eigenvalue weighted by Crippen LogP contribution is 1.98. The summed E-state index contributed by atoms with van der Waals surface area (Å²) in [5.74, 6) is 1.000. The molecule has 0 saturated carbocycles. The zero-order chi connectivity index (χ0) is 8.97. The number of aryl methyl sites for hydroxylation is 1. The summed E-state index contributed by atoms with van der Waals surface area (Å²) in [7, 11) is 3.61. The zero-order valence-electron chi connectivity index (χ0n) is 7.53. The number of nitrogens with two attached hydrogens (primary N) is 1. The molecule has 0 aliphatic rings. The Labute approximate surface area is 72.3 Å². The van der Waals surface area contributed by atoms with Crippen LogP contribution in [0.4, 0.5) is 0 Å². The van der Waals surface area contributed by atoms with E-state index < -0.39 is 0 Å². The minimum absolute atomic E-state index is 0.0381. The Morgan fingerprint density at radius 3 is 3.00 bits per heavy atom. The molecule has 0 amide bonds. The average Bonchev–Trinajstić information content (AvgIpc) is 2.37. The van der Waals surface area contributed by atoms with Gasteiger partial charge in [-0.1, -0.05) is 0 Å². The van der Waals surface area contributed by atoms with Gasteiger partial charge in [-0.15, -0.1) is 0 Å². The molecule has 1 unspecified atom stereocenters. The minimum atomic E-state index is 0.0381. The first-order valence-electron chi connectivity index (χ1n) is 3.94. The Balaban J connectivity index is 2.46. The lowest BCUT2D eigenvalue weighted by Gasteiger charge is -2.09. The fourth-order valence-corrected chi connectivity index (χ4v) is 1.10. The summed E-state index contributed by atoms with van der Waals surface area (Å²) in [6.45, 7) is 0.576. The van der Waals surface area contributed by atoms with E-state index in [0.717, 1.165) is 12.2 Å². The van der Waals surface area contributed by atoms with Gasteiger partial charge in [0.15, 0.2) is 0 Å². The molecule has 0 bridgehead atoms. The number of methoxy groups -OCH3 is 1. The van der Waals surface area contributed by atoms with Crippen LogP contribution in [0.25, 0.3) is 0 Å². The van der Waals surface area contributed by atoms with E-state index in [4.69, 9.17) is 10.5 Å². The smallest absolute Gasteiger partial charge is 0.110 e. The number of hydrogen-bond donors (Lipinski definition) is 1. The minimum Gasteiger partial charge on any atom is -0.383 e. The highest BCUT2D eigenvalue weighted by molar-refractivity contribution is 4.93. The molecule has 4 heteroatoms. The summed E-state index contributed by atoms with van der Waals surface area (Å²) in [5.41, 5.74) is 5.77. The van der Waals surface area contributed by atoms with E-state index in [1.54, 1.807) is 13.3 Å². The molecule has 12 heavy (non-hydrogen) atoms. The van der Waals surface area contributed by atoms with Crippen LogP contribution in [-0.2, 0) is 18.2 Å². The van der Waals surface area contributed by atoms with Gasteiger partial charge in [0.1, 0.15) is 5.82 Å². The molecule has 0 aliphatic heterocycles. The molecule has 0 saturated heterocycles. The van der Waals surface area contributed by atoms with Crippen LogP contribution >= 0.6 is 0 Å². The van der Waals surface area contributed by atoms with E-state index in [1.807, 2.05) is 17.8 Å². The van der Waals surface area contributed by atoms with Gasteiger partial charge in [-0.3, -0.25) is 0 Å². The third kappa shape index (κ3) is 2.32. The van der Waals surface area contributed by atoms with Gasteiger partial charge in [-0.05, 0) is 0 Å². The maximum Gasteiger partial charge on any atom is 0.110 e. The summed E-state index contributed by atoms with van der Waals surface area (Å²) in [5, 5.41) is 0. The first kappa shape index (κ1) is 9.22. The van der Waals surface area contributed by atoms with E-state index in [2.05, 4.69) is 4.98 Å². The van der Waals surface area contributed by atoms with E-state index in [9.17, 15) is 0 Å². The standard InChI is InChI=1S/C8H15N3O/c1-11-4-3-10-8(11)5-7(9)6-12-2/h3-4,7H,5-6,9H2,1-2H3. The second-order valence-corrected chi connectivity index (χ2v) is 2.87. The van der Waals surface area contributed by atoms with Crippen LogP contribution in [0.2, 0.25) is 0 Å². The summed E-state index contributed by atoms with van der Waals surface area (Å²) in [6, 6.07) is 0.0381. The van der Waals surface area contributed by atoms with Gasteiger partial charge in [0.25, 0.3) is 0 Å². The van der Waals surface area contributed by atoms with Crippen molar-refractivity contribution in [3.8, 4) is 0 Å². The normalized spacial score (nSPS) is 13.2. The number of nitrogens with zero attached hydrogens (tertiary/aromatic N) is 2. The predicted molar refractivity (Wildman–Crippen MR) is 46.8 cm³/mol. The largest absolute Gasteiger partial charge is 0.383 e. The van der Waals surface area contributed by atoms with E-state index in [0.29, 0.717) is 6.61 Å². The van der Waals surface area contributed by atoms with E-state index in [1.165, 1.54) is 0 Å². The number of hydrogen-bond acceptors (Lipinski definition) is 3. The van der Waals surface area contributed by atoms with Crippen molar-refractivity contribution in [3.63, 3.8) is 0 Å². The second-order valence-electron chi connectivity index (χ2n) is 2.87. The van der Waals surface area contributed by atoms with Crippen molar-refractivity contribution in [1.29, 1.82) is 0 Å². The maximum atomic E-state index is 5.77. The number of ether oxygens (including phenoxy) is 1. The van der Waals surface area contributed by atoms with Gasteiger partial charge in [0, 0.05) is 39.0 Å². The third-order valence-corrected chi connectivity index (χ3v) is 1.75. The molecule has 0 fully saturated rings. The van der Waals surface area contributed by atoms with Crippen LogP contribution in [0.5, 0.6) is 0 Å². The maximum absolute atomic E-state index is 5.77. The first-order valence-corrected chi connectivity index (χ1v) is 3.94. The van der Waals surface area contributed by atoms with Gasteiger partial charge >= 0.3 is 0 Å². The topological polar surface area (TPSA) is 53.1 Å². The van der Waals surface area contributed by atoms with Crippen molar-refractivity contribution in [2.24, 2.45) is 12.8 Å². The molecular formula is C8H15N3O. The summed E-state index contributed by atoms with van der Waals surface area (Å²) < 4.78 is 6.90. The summed E-state index contributed by atoms with van der Waals surface area (Å²) in [4.78, 5) is 4.17. The van der Waals surface area contributed by atoms with Crippen molar-refractivity contribution in [2.45, 2.75) is 12.5 Å². The molecule has 0 aliphatic carbocycles. The average molecular weight is 169 g/mol. The van der Waals surface area contributed by atoms with Crippen molar-refractivity contribution in [1.82, 2.24) is 9.55 Å². The lowest BCUT2D eigenvalue weighted by Crippen LogP contribution is -2.29. The molecular weight excluding hydrogens is 154 g/mol. The molecule has 0 aromatic carbocycles. The Morgan fingerprint density at radius 2 is 2.50 bits per heavy atom. The van der Waals surface area contributed by atoms with Crippen molar-refractivity contribution < 1.29 is 4.74 Å². The molecule has 68 valence electrons. The van der Waals surface area contributed by atoms with Crippen LogP contribution in [0, 0.1) is 0 Å². The molecule has 1 atom stereocenters. The fraction of sp³-hybridized carbons (Fsp3) is 0.625. The van der Waals surface area contributed by atoms with Gasteiger partial charge in [0.2, 0.25) is 0 Å². The summed E-state index contributed by atoms with van der Waals surface area (Å²) >= 11 is 0. The van der Waals surface area contributed by atoms with Gasteiger partial charge in [-0.25, -0.2) is 4.98 Å². The number of aromatic nitrogens is 2. The Bertz CT molecular complexity index is 234. The molecule has 1 heterocycles. The SMILES string of the molecule is COCC(N)Cc1nccn1C. The fourth-order valence-electron chi connectivity index (χ4n) is 1.10. The lowest BCUT2D eigenvalue weighted by atomic mass is 10.2. The first-order chi connectivity index (χ1) is 5.74. The summed E-state index contributed by atoms with van der Waals surface area (Å²) in [6.07, 6.45) is 4.45. The van der Waals surface area contributed by atoms with Gasteiger partial charge in [0.05, 0.1) is 6.61 Å². The molecule has 2 N–H and O–H groups in total. The molecule has 1 aromatic heterocycles. The van der Waals surface area contributed by atoms with Crippen LogP contribution < -0.4 is 5.73 Å². The van der Waals surface area contributed by atoms with Crippen LogP contribution in [-0.4, -0.2) is 29.3 Å². The van der Waals surface area contributed by atoms with Crippen LogP contribution in [0.3, 0.4) is 0 Å². The van der Waals surface area contributed by atoms with Crippen molar-refractivity contribution in [2.75, 3.05) is 13.7 Å². The Morgan fingerprint density at radius 1 is 1.75 bits per heavy atom. The van der Waals surface area contributed by atoms with Gasteiger partial charge < -0.3 is 15.0 Å². The van der Waals surface area contributed by atoms with E-state index >= 15 is 0 Å². The molecule has 1 rings (SSSR count). The second kappa shape index (κ2) is 4.23. The molecule has 4 nitrogen and oxygen atoms in total. The van der Waals surface area contributed by atoms with E-state index in [-0.39, 0.29) is 6.04 Å². The van der Waals surface area contributed by atoms with Crippen LogP contribution in [0.15, 0.2) is 12.4 Å². The number of imidazole rings is 1. The lowest BCUT2D eigenvalue weighted by molar-refractivity contribution is 0.179. The molecule has 0 radical (unpaired) electrons. The third-order valence-electron chi connectivity index (χ3n) is 1.75. The molecule has 0 spiro atoms. The quantitative estimate of drug-likeness (QED) is 0.686. The van der Waals surface area contributed by atoms with Crippen molar-refractivity contribution in [3.05, 3.63) is 18.2 Å². The Kier molecular flexibility index (Phi) is 3.25. The zero-order valence-corrected chi connectivity index (χ0v) is 7.53. The Hall–Kier alpha value is -0.870. The highest BCUT2D eigenvalue weighted by atomic mass is 16.5. The van der Waals surface area contributed by atoms with Crippen molar-refractivity contribution >= 4 is 0 Å². The predicted octanol–water partition coefficient (Wildman–Crippen LogP) is -0.0637. The van der Waals surface area contributed by atoms with Crippen LogP contribution in [0.1, 0.15) is 5.82 Å². The molecule has 1 aromatic rings. The number of rotatable bonds is 4. The monoisotopic (exact) mass is 169 g/mol.